The minimum absolute atomic E-state index is 0.121. The summed E-state index contributed by atoms with van der Waals surface area (Å²) >= 11 is 0. The highest BCUT2D eigenvalue weighted by molar-refractivity contribution is 5.77. The van der Waals surface area contributed by atoms with Crippen LogP contribution in [0, 0.1) is 5.92 Å². The van der Waals surface area contributed by atoms with Crippen LogP contribution in [-0.4, -0.2) is 22.1 Å². The number of hydrogen-bond acceptors (Lipinski definition) is 3. The minimum Gasteiger partial charge on any atom is -0.480 e. The van der Waals surface area contributed by atoms with Crippen molar-refractivity contribution in [2.24, 2.45) is 5.92 Å². The zero-order chi connectivity index (χ0) is 14.0. The summed E-state index contributed by atoms with van der Waals surface area (Å²) in [5.41, 5.74) is -0.913. The summed E-state index contributed by atoms with van der Waals surface area (Å²) in [6.45, 7) is 0. The molecule has 19 heavy (non-hydrogen) atoms. The largest absolute Gasteiger partial charge is 0.480 e. The summed E-state index contributed by atoms with van der Waals surface area (Å²) in [5, 5.41) is 11.7. The first-order chi connectivity index (χ1) is 8.86. The van der Waals surface area contributed by atoms with Gasteiger partial charge in [0.25, 0.3) is 0 Å². The van der Waals surface area contributed by atoms with E-state index in [0.717, 1.165) is 25.1 Å². The number of alkyl halides is 3. The van der Waals surface area contributed by atoms with Crippen LogP contribution in [0.2, 0.25) is 0 Å². The number of pyridine rings is 1. The van der Waals surface area contributed by atoms with Gasteiger partial charge in [-0.05, 0) is 24.5 Å². The Bertz CT molecular complexity index is 472. The van der Waals surface area contributed by atoms with E-state index in [1.54, 1.807) is 0 Å². The number of carboxylic acids is 1. The molecule has 1 unspecified atom stereocenters. The predicted octanol–water partition coefficient (Wildman–Crippen LogP) is 2.77. The maximum Gasteiger partial charge on any atom is 0.433 e. The highest BCUT2D eigenvalue weighted by Crippen LogP contribution is 2.34. The molecule has 2 N–H and O–H groups in total. The number of aromatic nitrogens is 1. The first-order valence-corrected chi connectivity index (χ1v) is 5.89. The molecule has 0 aliphatic heterocycles. The van der Waals surface area contributed by atoms with E-state index in [-0.39, 0.29) is 5.69 Å². The highest BCUT2D eigenvalue weighted by atomic mass is 19.4. The zero-order valence-corrected chi connectivity index (χ0v) is 9.94. The molecule has 0 amide bonds. The van der Waals surface area contributed by atoms with Crippen molar-refractivity contribution in [1.29, 1.82) is 0 Å². The summed E-state index contributed by atoms with van der Waals surface area (Å²) < 4.78 is 37.4. The van der Waals surface area contributed by atoms with Crippen LogP contribution >= 0.6 is 0 Å². The molecule has 1 aromatic heterocycles. The quantitative estimate of drug-likeness (QED) is 0.866. The Morgan fingerprint density at radius 3 is 2.74 bits per heavy atom. The lowest BCUT2D eigenvalue weighted by atomic mass is 10.1. The van der Waals surface area contributed by atoms with E-state index in [0.29, 0.717) is 12.3 Å². The van der Waals surface area contributed by atoms with E-state index in [1.165, 1.54) is 6.07 Å². The van der Waals surface area contributed by atoms with Crippen LogP contribution in [0.25, 0.3) is 0 Å². The van der Waals surface area contributed by atoms with Crippen molar-refractivity contribution in [3.05, 3.63) is 24.0 Å². The molecule has 0 radical (unpaired) electrons. The fraction of sp³-hybridized carbons (Fsp3) is 0.500. The molecule has 1 aliphatic carbocycles. The summed E-state index contributed by atoms with van der Waals surface area (Å²) in [4.78, 5) is 14.3. The fourth-order valence-electron chi connectivity index (χ4n) is 1.78. The first kappa shape index (κ1) is 13.6. The molecule has 0 aromatic carbocycles. The van der Waals surface area contributed by atoms with Gasteiger partial charge in [0.15, 0.2) is 0 Å². The van der Waals surface area contributed by atoms with Gasteiger partial charge in [-0.25, -0.2) is 4.79 Å². The number of halogens is 3. The maximum absolute atomic E-state index is 12.5. The van der Waals surface area contributed by atoms with Crippen molar-refractivity contribution in [1.82, 2.24) is 4.98 Å². The smallest absolute Gasteiger partial charge is 0.433 e. The molecule has 0 spiro atoms. The van der Waals surface area contributed by atoms with Gasteiger partial charge in [0, 0.05) is 11.9 Å². The third kappa shape index (κ3) is 3.84. The SMILES string of the molecule is O=C(O)C(CC1CC1)Nc1ccnc(C(F)(F)F)c1. The number of anilines is 1. The number of carbonyl (C=O) groups is 1. The van der Waals surface area contributed by atoms with Gasteiger partial charge in [0.05, 0.1) is 0 Å². The van der Waals surface area contributed by atoms with Gasteiger partial charge in [-0.1, -0.05) is 12.8 Å². The van der Waals surface area contributed by atoms with Crippen molar-refractivity contribution >= 4 is 11.7 Å². The molecule has 0 saturated heterocycles. The van der Waals surface area contributed by atoms with Crippen molar-refractivity contribution in [2.75, 3.05) is 5.32 Å². The molecule has 2 rings (SSSR count). The second-order valence-corrected chi connectivity index (χ2v) is 4.64. The Morgan fingerprint density at radius 1 is 1.53 bits per heavy atom. The van der Waals surface area contributed by atoms with Gasteiger partial charge in [-0.3, -0.25) is 4.98 Å². The van der Waals surface area contributed by atoms with Crippen LogP contribution in [0.5, 0.6) is 0 Å². The van der Waals surface area contributed by atoms with Gasteiger partial charge in [-0.15, -0.1) is 0 Å². The fourth-order valence-corrected chi connectivity index (χ4v) is 1.78. The third-order valence-electron chi connectivity index (χ3n) is 2.96. The molecular weight excluding hydrogens is 261 g/mol. The van der Waals surface area contributed by atoms with E-state index < -0.39 is 23.9 Å². The molecule has 1 aromatic rings. The number of rotatable bonds is 5. The molecule has 7 heteroatoms. The van der Waals surface area contributed by atoms with Crippen LogP contribution in [0.1, 0.15) is 25.0 Å². The predicted molar refractivity (Wildman–Crippen MR) is 61.6 cm³/mol. The average molecular weight is 274 g/mol. The molecule has 1 fully saturated rings. The molecular formula is C12H13F3N2O2. The summed E-state index contributed by atoms with van der Waals surface area (Å²) in [6, 6.07) is 1.29. The Balaban J connectivity index is 2.09. The van der Waals surface area contributed by atoms with Crippen molar-refractivity contribution in [2.45, 2.75) is 31.5 Å². The number of nitrogens with zero attached hydrogens (tertiary/aromatic N) is 1. The van der Waals surface area contributed by atoms with Gasteiger partial charge in [0.1, 0.15) is 11.7 Å². The van der Waals surface area contributed by atoms with Crippen LogP contribution in [-0.2, 0) is 11.0 Å². The first-order valence-electron chi connectivity index (χ1n) is 5.89. The van der Waals surface area contributed by atoms with Crippen LogP contribution in [0.4, 0.5) is 18.9 Å². The van der Waals surface area contributed by atoms with E-state index >= 15 is 0 Å². The van der Waals surface area contributed by atoms with Crippen LogP contribution in [0.15, 0.2) is 18.3 Å². The van der Waals surface area contributed by atoms with Crippen LogP contribution in [0.3, 0.4) is 0 Å². The lowest BCUT2D eigenvalue weighted by Gasteiger charge is -2.16. The molecule has 104 valence electrons. The van der Waals surface area contributed by atoms with E-state index in [1.807, 2.05) is 0 Å². The molecule has 1 atom stereocenters. The Morgan fingerprint density at radius 2 is 2.21 bits per heavy atom. The monoisotopic (exact) mass is 274 g/mol. The van der Waals surface area contributed by atoms with Crippen LogP contribution < -0.4 is 5.32 Å². The highest BCUT2D eigenvalue weighted by Gasteiger charge is 2.33. The van der Waals surface area contributed by atoms with Crippen molar-refractivity contribution in [3.8, 4) is 0 Å². The maximum atomic E-state index is 12.5. The number of aliphatic carboxylic acids is 1. The van der Waals surface area contributed by atoms with E-state index in [2.05, 4.69) is 10.3 Å². The third-order valence-corrected chi connectivity index (χ3v) is 2.96. The average Bonchev–Trinajstić information content (AvgIpc) is 3.11. The summed E-state index contributed by atoms with van der Waals surface area (Å²) in [5.74, 6) is -0.699. The van der Waals surface area contributed by atoms with Gasteiger partial charge in [-0.2, -0.15) is 13.2 Å². The van der Waals surface area contributed by atoms with E-state index in [4.69, 9.17) is 5.11 Å². The number of hydrogen-bond donors (Lipinski definition) is 2. The molecule has 1 heterocycles. The number of nitrogens with one attached hydrogen (secondary N) is 1. The van der Waals surface area contributed by atoms with Gasteiger partial charge < -0.3 is 10.4 Å². The van der Waals surface area contributed by atoms with E-state index in [9.17, 15) is 18.0 Å². The van der Waals surface area contributed by atoms with Gasteiger partial charge in [0.2, 0.25) is 0 Å². The molecule has 4 nitrogen and oxygen atoms in total. The van der Waals surface area contributed by atoms with Gasteiger partial charge >= 0.3 is 12.1 Å². The summed E-state index contributed by atoms with van der Waals surface area (Å²) in [7, 11) is 0. The minimum atomic E-state index is -4.53. The normalized spacial score (nSPS) is 17.0. The second-order valence-electron chi connectivity index (χ2n) is 4.64. The number of carboxylic acid groups (broad SMARTS) is 1. The lowest BCUT2D eigenvalue weighted by Crippen LogP contribution is -2.29. The Hall–Kier alpha value is -1.79. The topological polar surface area (TPSA) is 62.2 Å². The molecule has 1 aliphatic rings. The van der Waals surface area contributed by atoms with Crippen molar-refractivity contribution < 1.29 is 23.1 Å². The Kier molecular flexibility index (Phi) is 3.64. The Labute approximate surface area is 107 Å². The second kappa shape index (κ2) is 5.07. The van der Waals surface area contributed by atoms with Crippen molar-refractivity contribution in [3.63, 3.8) is 0 Å². The molecule has 1 saturated carbocycles. The standard InChI is InChI=1S/C12H13F3N2O2/c13-12(14,15)10-6-8(3-4-16-10)17-9(11(18)19)5-7-1-2-7/h3-4,6-7,9H,1-2,5H2,(H,16,17)(H,18,19). The molecule has 0 bridgehead atoms. The summed E-state index contributed by atoms with van der Waals surface area (Å²) in [6.07, 6.45) is -1.13. The lowest BCUT2D eigenvalue weighted by molar-refractivity contribution is -0.141. The zero-order valence-electron chi connectivity index (χ0n) is 9.94.